The van der Waals surface area contributed by atoms with Gasteiger partial charge in [-0.05, 0) is 37.0 Å². The summed E-state index contributed by atoms with van der Waals surface area (Å²) in [5.74, 6) is 0.0323. The molecule has 1 unspecified atom stereocenters. The van der Waals surface area contributed by atoms with Gasteiger partial charge >= 0.3 is 0 Å². The van der Waals surface area contributed by atoms with Gasteiger partial charge in [-0.15, -0.1) is 0 Å². The Kier molecular flexibility index (Phi) is 6.97. The predicted octanol–water partition coefficient (Wildman–Crippen LogP) is 3.46. The number of hydrogen-bond donors (Lipinski definition) is 1. The summed E-state index contributed by atoms with van der Waals surface area (Å²) in [5.41, 5.74) is 1.20. The van der Waals surface area contributed by atoms with E-state index in [2.05, 4.69) is 10.2 Å². The molecule has 164 valence electrons. The Bertz CT molecular complexity index is 891. The second-order valence-corrected chi connectivity index (χ2v) is 8.49. The molecule has 31 heavy (non-hydrogen) atoms. The van der Waals surface area contributed by atoms with Crippen LogP contribution in [0.5, 0.6) is 0 Å². The van der Waals surface area contributed by atoms with Crippen molar-refractivity contribution in [1.82, 2.24) is 15.1 Å². The normalized spacial score (nSPS) is 18.7. The van der Waals surface area contributed by atoms with E-state index in [9.17, 15) is 14.0 Å². The highest BCUT2D eigenvalue weighted by Crippen LogP contribution is 2.31. The van der Waals surface area contributed by atoms with Crippen molar-refractivity contribution in [3.63, 3.8) is 0 Å². The van der Waals surface area contributed by atoms with Crippen LogP contribution in [0.25, 0.3) is 0 Å². The van der Waals surface area contributed by atoms with E-state index in [1.54, 1.807) is 18.2 Å². The Balaban J connectivity index is 1.39. The maximum absolute atomic E-state index is 14.0. The molecule has 0 radical (unpaired) electrons. The zero-order valence-electron chi connectivity index (χ0n) is 17.8. The molecule has 2 aromatic carbocycles. The van der Waals surface area contributed by atoms with Gasteiger partial charge in [0.2, 0.25) is 5.91 Å². The highest BCUT2D eigenvalue weighted by molar-refractivity contribution is 5.94. The Morgan fingerprint density at radius 2 is 1.58 bits per heavy atom. The van der Waals surface area contributed by atoms with Crippen LogP contribution in [0.15, 0.2) is 54.6 Å². The second-order valence-electron chi connectivity index (χ2n) is 8.49. The molecule has 1 aliphatic heterocycles. The van der Waals surface area contributed by atoms with Crippen LogP contribution < -0.4 is 5.32 Å². The third kappa shape index (κ3) is 5.13. The summed E-state index contributed by atoms with van der Waals surface area (Å²) in [6.07, 6.45) is 4.38. The highest BCUT2D eigenvalue weighted by atomic mass is 19.1. The third-order valence-electron chi connectivity index (χ3n) is 6.54. The molecular formula is C25H30FN3O2. The lowest BCUT2D eigenvalue weighted by molar-refractivity contribution is -0.129. The van der Waals surface area contributed by atoms with Gasteiger partial charge in [-0.25, -0.2) is 4.39 Å². The minimum atomic E-state index is -0.298. The maximum atomic E-state index is 14.0. The van der Waals surface area contributed by atoms with Gasteiger partial charge in [0.1, 0.15) is 5.82 Å². The molecular weight excluding hydrogens is 393 g/mol. The molecule has 1 saturated carbocycles. The molecule has 1 N–H and O–H groups in total. The average molecular weight is 424 g/mol. The fourth-order valence-electron chi connectivity index (χ4n) is 4.85. The van der Waals surface area contributed by atoms with E-state index in [0.717, 1.165) is 25.7 Å². The van der Waals surface area contributed by atoms with Gasteiger partial charge < -0.3 is 10.2 Å². The Hall–Kier alpha value is -2.73. The van der Waals surface area contributed by atoms with E-state index in [4.69, 9.17) is 0 Å². The number of piperazine rings is 1. The van der Waals surface area contributed by atoms with Crippen molar-refractivity contribution in [2.45, 2.75) is 38.3 Å². The first-order chi connectivity index (χ1) is 15.1. The average Bonchev–Trinajstić information content (AvgIpc) is 3.33. The Morgan fingerprint density at radius 1 is 0.935 bits per heavy atom. The standard InChI is InChI=1S/C25H30FN3O2/c26-22-13-7-6-12-21(22)18-27-24(30)23(19-8-4-5-9-19)28-14-16-29(17-15-28)25(31)20-10-2-1-3-11-20/h1-3,6-7,10-13,19,23H,4-5,8-9,14-18H2,(H,27,30). The predicted molar refractivity (Wildman–Crippen MR) is 118 cm³/mol. The summed E-state index contributed by atoms with van der Waals surface area (Å²) in [7, 11) is 0. The van der Waals surface area contributed by atoms with Crippen molar-refractivity contribution in [3.8, 4) is 0 Å². The third-order valence-corrected chi connectivity index (χ3v) is 6.54. The second kappa shape index (κ2) is 10.1. The molecule has 1 saturated heterocycles. The molecule has 2 aromatic rings. The SMILES string of the molecule is O=C(NCc1ccccc1F)C(C1CCCC1)N1CCN(C(=O)c2ccccc2)CC1. The summed E-state index contributed by atoms with van der Waals surface area (Å²) >= 11 is 0. The lowest BCUT2D eigenvalue weighted by Gasteiger charge is -2.40. The van der Waals surface area contributed by atoms with Gasteiger partial charge in [-0.1, -0.05) is 49.2 Å². The van der Waals surface area contributed by atoms with Crippen molar-refractivity contribution < 1.29 is 14.0 Å². The monoisotopic (exact) mass is 423 g/mol. The van der Waals surface area contributed by atoms with Gasteiger partial charge in [-0.3, -0.25) is 14.5 Å². The van der Waals surface area contributed by atoms with E-state index >= 15 is 0 Å². The van der Waals surface area contributed by atoms with Gasteiger partial charge in [0.25, 0.3) is 5.91 Å². The molecule has 2 fully saturated rings. The summed E-state index contributed by atoms with van der Waals surface area (Å²) in [6.45, 7) is 2.76. The number of nitrogens with one attached hydrogen (secondary N) is 1. The number of benzene rings is 2. The van der Waals surface area contributed by atoms with Crippen LogP contribution in [-0.4, -0.2) is 53.8 Å². The smallest absolute Gasteiger partial charge is 0.253 e. The van der Waals surface area contributed by atoms with E-state index in [1.807, 2.05) is 35.2 Å². The molecule has 1 atom stereocenters. The zero-order chi connectivity index (χ0) is 21.6. The summed E-state index contributed by atoms with van der Waals surface area (Å²) < 4.78 is 14.0. The lowest BCUT2D eigenvalue weighted by Crippen LogP contribution is -2.57. The maximum Gasteiger partial charge on any atom is 0.253 e. The Morgan fingerprint density at radius 3 is 2.26 bits per heavy atom. The van der Waals surface area contributed by atoms with Crippen LogP contribution >= 0.6 is 0 Å². The summed E-state index contributed by atoms with van der Waals surface area (Å²) in [5, 5.41) is 2.97. The highest BCUT2D eigenvalue weighted by Gasteiger charge is 2.37. The molecule has 0 aromatic heterocycles. The first-order valence-corrected chi connectivity index (χ1v) is 11.2. The number of halogens is 1. The fraction of sp³-hybridized carbons (Fsp3) is 0.440. The van der Waals surface area contributed by atoms with Gasteiger partial charge in [0.15, 0.2) is 0 Å². The van der Waals surface area contributed by atoms with Crippen molar-refractivity contribution in [1.29, 1.82) is 0 Å². The van der Waals surface area contributed by atoms with Crippen LogP contribution in [0.3, 0.4) is 0 Å². The van der Waals surface area contributed by atoms with Crippen molar-refractivity contribution in [2.24, 2.45) is 5.92 Å². The molecule has 6 heteroatoms. The molecule has 0 spiro atoms. The number of hydrogen-bond acceptors (Lipinski definition) is 3. The first kappa shape index (κ1) is 21.5. The number of amides is 2. The molecule has 1 heterocycles. The topological polar surface area (TPSA) is 52.7 Å². The molecule has 2 amide bonds. The van der Waals surface area contributed by atoms with Gasteiger partial charge in [0.05, 0.1) is 6.04 Å². The first-order valence-electron chi connectivity index (χ1n) is 11.2. The molecule has 5 nitrogen and oxygen atoms in total. The number of carbonyl (C=O) groups excluding carboxylic acids is 2. The van der Waals surface area contributed by atoms with E-state index in [1.165, 1.54) is 6.07 Å². The minimum absolute atomic E-state index is 0.0296. The molecule has 4 rings (SSSR count). The van der Waals surface area contributed by atoms with Crippen LogP contribution in [0.1, 0.15) is 41.6 Å². The number of rotatable bonds is 6. The molecule has 2 aliphatic rings. The van der Waals surface area contributed by atoms with Crippen molar-refractivity contribution in [2.75, 3.05) is 26.2 Å². The van der Waals surface area contributed by atoms with E-state index in [-0.39, 0.29) is 30.2 Å². The quantitative estimate of drug-likeness (QED) is 0.774. The van der Waals surface area contributed by atoms with Crippen molar-refractivity contribution >= 4 is 11.8 Å². The van der Waals surface area contributed by atoms with Crippen molar-refractivity contribution in [3.05, 3.63) is 71.5 Å². The minimum Gasteiger partial charge on any atom is -0.351 e. The zero-order valence-corrected chi connectivity index (χ0v) is 17.8. The van der Waals surface area contributed by atoms with Crippen LogP contribution in [0.4, 0.5) is 4.39 Å². The summed E-state index contributed by atoms with van der Waals surface area (Å²) in [4.78, 5) is 30.0. The van der Waals surface area contributed by atoms with Crippen LogP contribution in [0.2, 0.25) is 0 Å². The Labute approximate surface area is 183 Å². The summed E-state index contributed by atoms with van der Waals surface area (Å²) in [6, 6.07) is 15.7. The van der Waals surface area contributed by atoms with E-state index < -0.39 is 0 Å². The molecule has 0 bridgehead atoms. The number of carbonyl (C=O) groups is 2. The van der Waals surface area contributed by atoms with Crippen LogP contribution in [0, 0.1) is 11.7 Å². The van der Waals surface area contributed by atoms with Gasteiger partial charge in [-0.2, -0.15) is 0 Å². The van der Waals surface area contributed by atoms with Crippen LogP contribution in [-0.2, 0) is 11.3 Å². The van der Waals surface area contributed by atoms with E-state index in [0.29, 0.717) is 43.2 Å². The largest absolute Gasteiger partial charge is 0.351 e. The fourth-order valence-corrected chi connectivity index (χ4v) is 4.85. The van der Waals surface area contributed by atoms with Gasteiger partial charge in [0, 0.05) is 43.9 Å². The lowest BCUT2D eigenvalue weighted by atomic mass is 9.94. The molecule has 1 aliphatic carbocycles. The number of nitrogens with zero attached hydrogens (tertiary/aromatic N) is 2.